The van der Waals surface area contributed by atoms with Gasteiger partial charge in [-0.15, -0.1) is 0 Å². The number of aldehydes is 1. The number of hydrogen-bond acceptors (Lipinski definition) is 8. The molecule has 4 amide bonds. The second kappa shape index (κ2) is 37.0. The summed E-state index contributed by atoms with van der Waals surface area (Å²) < 4.78 is 10.6. The molecule has 14 nitrogen and oxygen atoms in total. The molecule has 7 N–H and O–H groups in total. The summed E-state index contributed by atoms with van der Waals surface area (Å²) >= 11 is 5.42. The number of nitrogens with zero attached hydrogens (tertiary/aromatic N) is 2. The average molecular weight is 953 g/mol. The first-order valence-electron chi connectivity index (χ1n) is 17.8. The summed E-state index contributed by atoms with van der Waals surface area (Å²) in [7, 11) is 15.7. The van der Waals surface area contributed by atoms with E-state index >= 15 is 0 Å². The number of aliphatic hydroxyl groups is 1. The highest BCUT2D eigenvalue weighted by molar-refractivity contribution is 8.26. The van der Waals surface area contributed by atoms with Crippen LogP contribution in [0.2, 0.25) is 0 Å². The van der Waals surface area contributed by atoms with E-state index in [1.54, 1.807) is 6.92 Å². The quantitative estimate of drug-likeness (QED) is 0.0236. The van der Waals surface area contributed by atoms with Gasteiger partial charge in [0.2, 0.25) is 38.1 Å². The molecule has 8 unspecified atom stereocenters. The highest BCUT2D eigenvalue weighted by Gasteiger charge is 2.31. The van der Waals surface area contributed by atoms with Crippen LogP contribution in [-0.2, 0) is 38.0 Å². The molecule has 0 radical (unpaired) electrons. The zero-order valence-corrected chi connectivity index (χ0v) is 38.9. The largest absolute Gasteiger partial charge is 1.00 e. The third-order valence-electron chi connectivity index (χ3n) is 8.68. The number of halogens is 5. The molecule has 0 aliphatic carbocycles. The minimum Gasteiger partial charge on any atom is -1.00 e. The molecule has 8 atom stereocenters. The van der Waals surface area contributed by atoms with E-state index < -0.39 is 68.1 Å². The van der Waals surface area contributed by atoms with Gasteiger partial charge in [0, 0.05) is 56.9 Å². The van der Waals surface area contributed by atoms with Crippen molar-refractivity contribution in [3.05, 3.63) is 25.3 Å². The van der Waals surface area contributed by atoms with Crippen molar-refractivity contribution < 1.29 is 71.9 Å². The molecule has 0 fully saturated rings. The molecule has 0 saturated heterocycles. The minimum absolute atomic E-state index is 0. The van der Waals surface area contributed by atoms with Crippen LogP contribution in [0.3, 0.4) is 0 Å². The van der Waals surface area contributed by atoms with E-state index in [2.05, 4.69) is 80.3 Å². The Morgan fingerprint density at radius 3 is 1.40 bits per heavy atom. The lowest BCUT2D eigenvalue weighted by Crippen LogP contribution is -3.00. The number of carbonyl (C=O) groups excluding carboxylic acids is 6. The molecule has 0 saturated carbocycles. The van der Waals surface area contributed by atoms with Crippen LogP contribution in [0.15, 0.2) is 25.3 Å². The van der Waals surface area contributed by atoms with Crippen molar-refractivity contribution in [2.75, 3.05) is 54.4 Å². The van der Waals surface area contributed by atoms with Crippen molar-refractivity contribution in [3.63, 3.8) is 0 Å². The van der Waals surface area contributed by atoms with E-state index in [0.717, 1.165) is 35.1 Å². The van der Waals surface area contributed by atoms with E-state index in [-0.39, 0.29) is 63.7 Å². The summed E-state index contributed by atoms with van der Waals surface area (Å²) in [6.45, 7) is 20.1. The summed E-state index contributed by atoms with van der Waals surface area (Å²) in [5.41, 5.74) is 10.8. The molecular weight excluding hydrogens is 878 g/mol. The standard InChI is InChI=1S/C18H32ClN3O3.C18H33N3O4.2CH4.Cl2OS.2ClH/c1-7-8-22(5,6)11-12(2)9-15(10-13(3)17(20)24)18(25)21-14(4)16(19)23;1-6-8-21(4,5)11-13(3)9-15(10-14(7-2)17(19)24)18(25)20-16(23)12-22;;;1-4(2)3;;/h7,12-15H,1,8-11H2,2-6H3,(H2-,20,21,24,25);6,12-16,23H,1,7-11H2,2-5H3,(H2-,19,20,24,25);2*1H4;;2*1H. The summed E-state index contributed by atoms with van der Waals surface area (Å²) in [6, 6.07) is -0.760. The van der Waals surface area contributed by atoms with Gasteiger partial charge in [-0.25, -0.2) is 4.21 Å². The molecular formula is C38H75Cl5N6O8S. The van der Waals surface area contributed by atoms with Gasteiger partial charge in [-0.2, -0.15) is 0 Å². The summed E-state index contributed by atoms with van der Waals surface area (Å²) in [5, 5.41) is 13.6. The second-order valence-electron chi connectivity index (χ2n) is 15.3. The van der Waals surface area contributed by atoms with Crippen molar-refractivity contribution in [3.8, 4) is 0 Å². The van der Waals surface area contributed by atoms with E-state index in [4.69, 9.17) is 27.3 Å². The number of nitrogens with two attached hydrogens (primary N) is 2. The summed E-state index contributed by atoms with van der Waals surface area (Å²) in [4.78, 5) is 69.6. The lowest BCUT2D eigenvalue weighted by Gasteiger charge is -2.32. The van der Waals surface area contributed by atoms with Crippen LogP contribution in [-0.4, -0.2) is 120 Å². The Kier molecular flexibility index (Phi) is 45.1. The van der Waals surface area contributed by atoms with Gasteiger partial charge in [0.15, 0.2) is 12.5 Å². The predicted octanol–water partition coefficient (Wildman–Crippen LogP) is -1.58. The average Bonchev–Trinajstić information content (AvgIpc) is 3.01. The number of carbonyl (C=O) groups is 6. The number of aliphatic hydroxyl groups excluding tert-OH is 1. The van der Waals surface area contributed by atoms with Crippen molar-refractivity contribution in [1.29, 1.82) is 0 Å². The van der Waals surface area contributed by atoms with Crippen LogP contribution in [0.25, 0.3) is 0 Å². The lowest BCUT2D eigenvalue weighted by molar-refractivity contribution is -0.887. The van der Waals surface area contributed by atoms with Crippen LogP contribution < -0.4 is 46.9 Å². The highest BCUT2D eigenvalue weighted by Crippen LogP contribution is 2.25. The van der Waals surface area contributed by atoms with E-state index in [1.807, 2.05) is 26.0 Å². The van der Waals surface area contributed by atoms with Crippen molar-refractivity contribution in [2.24, 2.45) is 47.0 Å². The Hall–Kier alpha value is -1.82. The molecule has 346 valence electrons. The van der Waals surface area contributed by atoms with Gasteiger partial charge >= 0.3 is 0 Å². The molecule has 58 heavy (non-hydrogen) atoms. The number of likely N-dealkylation sites (N-methyl/N-ethyl adjacent to an activating group) is 2. The number of primary amides is 2. The SMILES string of the molecule is C.C.C=CC[N+](C)(C)CC(C)CC(CC(C)C(N)=O)C(=O)NC(C)C(=O)Cl.C=CC[N+](C)(C)CC(C)CC(CC(CC)C(N)=O)C(=O)NC(O)C=O.O=S(Cl)Cl.[Cl-].[Cl-]. The number of amides is 4. The highest BCUT2D eigenvalue weighted by atomic mass is 36.0. The molecule has 0 rings (SSSR count). The van der Waals surface area contributed by atoms with Gasteiger partial charge in [-0.3, -0.25) is 28.8 Å². The molecule has 0 aromatic carbocycles. The van der Waals surface area contributed by atoms with Crippen molar-refractivity contribution in [2.45, 2.75) is 93.8 Å². The first kappa shape index (κ1) is 70.7. The third-order valence-corrected chi connectivity index (χ3v) is 9.01. The smallest absolute Gasteiger partial charge is 0.243 e. The van der Waals surface area contributed by atoms with E-state index in [1.165, 1.54) is 6.92 Å². The third kappa shape index (κ3) is 37.2. The Balaban J connectivity index is -0.000000154. The number of rotatable bonds is 25. The van der Waals surface area contributed by atoms with E-state index in [9.17, 15) is 33.9 Å². The molecule has 0 aliphatic heterocycles. The topological polar surface area (TPSA) is 216 Å². The fourth-order valence-corrected chi connectivity index (χ4v) is 6.39. The van der Waals surface area contributed by atoms with Crippen molar-refractivity contribution >= 4 is 77.3 Å². The Bertz CT molecular complexity index is 1250. The van der Waals surface area contributed by atoms with Crippen LogP contribution in [0.4, 0.5) is 0 Å². The van der Waals surface area contributed by atoms with Gasteiger partial charge in [-0.1, -0.05) is 55.7 Å². The van der Waals surface area contributed by atoms with Crippen LogP contribution in [0, 0.1) is 35.5 Å². The van der Waals surface area contributed by atoms with E-state index in [0.29, 0.717) is 32.1 Å². The number of quaternary nitrogens is 2. The zero-order valence-electron chi connectivity index (χ0n) is 34.3. The maximum atomic E-state index is 12.5. The molecule has 0 aliphatic rings. The van der Waals surface area contributed by atoms with Gasteiger partial charge in [0.1, 0.15) is 6.04 Å². The maximum absolute atomic E-state index is 12.5. The molecule has 0 aromatic heterocycles. The van der Waals surface area contributed by atoms with Gasteiger partial charge in [0.05, 0.1) is 54.4 Å². The normalized spacial score (nSPS) is 14.7. The molecule has 0 spiro atoms. The zero-order chi connectivity index (χ0) is 43.0. The number of hydrogen-bond donors (Lipinski definition) is 5. The Labute approximate surface area is 378 Å². The molecule has 0 heterocycles. The van der Waals surface area contributed by atoms with Crippen LogP contribution >= 0.6 is 33.0 Å². The van der Waals surface area contributed by atoms with Gasteiger partial charge in [-0.05, 0) is 62.8 Å². The van der Waals surface area contributed by atoms with Crippen LogP contribution in [0.1, 0.15) is 81.6 Å². The monoisotopic (exact) mass is 950 g/mol. The number of nitrogens with one attached hydrogen (secondary N) is 2. The fraction of sp³-hybridized carbons (Fsp3) is 0.737. The lowest BCUT2D eigenvalue weighted by atomic mass is 9.85. The Morgan fingerprint density at radius 2 is 1.10 bits per heavy atom. The van der Waals surface area contributed by atoms with Crippen LogP contribution in [0.5, 0.6) is 0 Å². The summed E-state index contributed by atoms with van der Waals surface area (Å²) in [5.74, 6) is -2.85. The fourth-order valence-electron chi connectivity index (χ4n) is 6.33. The molecule has 0 bridgehead atoms. The second-order valence-corrected chi connectivity index (χ2v) is 18.2. The predicted molar refractivity (Wildman–Crippen MR) is 231 cm³/mol. The Morgan fingerprint density at radius 1 is 0.741 bits per heavy atom. The van der Waals surface area contributed by atoms with Crippen molar-refractivity contribution in [1.82, 2.24) is 10.6 Å². The van der Waals surface area contributed by atoms with Gasteiger partial charge in [0.25, 0.3) is 0 Å². The van der Waals surface area contributed by atoms with Gasteiger partial charge < -0.3 is 61.0 Å². The minimum atomic E-state index is -1.67. The maximum Gasteiger partial charge on any atom is 0.243 e. The molecule has 0 aromatic rings. The summed E-state index contributed by atoms with van der Waals surface area (Å²) in [6.07, 6.45) is 4.80. The first-order valence-corrected chi connectivity index (χ1v) is 21.0. The first-order chi connectivity index (χ1) is 24.7. The molecule has 20 heteroatoms.